The number of hydrogen-bond donors (Lipinski definition) is 0. The van der Waals surface area contributed by atoms with E-state index in [1.807, 2.05) is 35.8 Å². The number of aromatic nitrogens is 4. The Labute approximate surface area is 195 Å². The Morgan fingerprint density at radius 2 is 1.85 bits per heavy atom. The quantitative estimate of drug-likeness (QED) is 0.539. The first kappa shape index (κ1) is 22.2. The highest BCUT2D eigenvalue weighted by molar-refractivity contribution is 6.30. The van der Waals surface area contributed by atoms with Crippen LogP contribution in [0.25, 0.3) is 5.69 Å². The normalized spacial score (nSPS) is 17.5. The second-order valence-corrected chi connectivity index (χ2v) is 9.18. The summed E-state index contributed by atoms with van der Waals surface area (Å²) in [7, 11) is 0. The first-order valence-corrected chi connectivity index (χ1v) is 11.4. The Hall–Kier alpha value is -2.65. The highest BCUT2D eigenvalue weighted by Gasteiger charge is 2.35. The van der Waals surface area contributed by atoms with E-state index in [4.69, 9.17) is 11.6 Å². The third kappa shape index (κ3) is 4.70. The number of aryl methyl sites for hydroxylation is 1. The van der Waals surface area contributed by atoms with Crippen molar-refractivity contribution in [1.82, 2.24) is 24.6 Å². The largest absolute Gasteiger partial charge is 0.401 e. The van der Waals surface area contributed by atoms with Gasteiger partial charge in [0.2, 0.25) is 0 Å². The van der Waals surface area contributed by atoms with Gasteiger partial charge in [-0.2, -0.15) is 13.2 Å². The number of fused-ring (bicyclic) bond motifs is 3. The van der Waals surface area contributed by atoms with Crippen LogP contribution in [0, 0.1) is 6.92 Å². The average molecular weight is 477 g/mol. The number of benzene rings is 1. The van der Waals surface area contributed by atoms with E-state index in [1.54, 1.807) is 12.1 Å². The maximum Gasteiger partial charge on any atom is 0.401 e. The fourth-order valence-corrected chi connectivity index (χ4v) is 4.99. The van der Waals surface area contributed by atoms with Gasteiger partial charge < -0.3 is 4.90 Å². The molecule has 0 atom stereocenters. The number of rotatable bonds is 3. The smallest absolute Gasteiger partial charge is 0.357 e. The van der Waals surface area contributed by atoms with Gasteiger partial charge >= 0.3 is 6.18 Å². The predicted octanol–water partition coefficient (Wildman–Crippen LogP) is 4.89. The number of hydrogen-bond acceptors (Lipinski definition) is 5. The van der Waals surface area contributed by atoms with Crippen LogP contribution >= 0.6 is 11.6 Å². The minimum atomic E-state index is -4.30. The van der Waals surface area contributed by atoms with Gasteiger partial charge in [-0.3, -0.25) is 9.47 Å². The number of piperidine rings is 1. The summed E-state index contributed by atoms with van der Waals surface area (Å²) >= 11 is 6.19. The van der Waals surface area contributed by atoms with Gasteiger partial charge in [0.1, 0.15) is 11.6 Å². The van der Waals surface area contributed by atoms with Crippen molar-refractivity contribution >= 4 is 17.4 Å². The van der Waals surface area contributed by atoms with Crippen LogP contribution in [-0.4, -0.2) is 50.5 Å². The Kier molecular flexibility index (Phi) is 5.78. The SMILES string of the molecule is Cc1cccc(N2CCC(c3nnc4n3-c3ccc(Cl)cc3CN(CC(F)(F)F)C4)CC2)n1. The van der Waals surface area contributed by atoms with E-state index in [2.05, 4.69) is 20.1 Å². The molecule has 3 aromatic rings. The maximum absolute atomic E-state index is 13.2. The minimum Gasteiger partial charge on any atom is -0.357 e. The second kappa shape index (κ2) is 8.61. The molecule has 6 nitrogen and oxygen atoms in total. The first-order valence-electron chi connectivity index (χ1n) is 11.0. The summed E-state index contributed by atoms with van der Waals surface area (Å²) in [5, 5.41) is 9.29. The number of alkyl halides is 3. The van der Waals surface area contributed by atoms with Crippen molar-refractivity contribution in [2.75, 3.05) is 24.5 Å². The van der Waals surface area contributed by atoms with E-state index in [-0.39, 0.29) is 19.0 Å². The molecule has 33 heavy (non-hydrogen) atoms. The summed E-state index contributed by atoms with van der Waals surface area (Å²) < 4.78 is 41.5. The Bertz CT molecular complexity index is 1150. The topological polar surface area (TPSA) is 50.1 Å². The lowest BCUT2D eigenvalue weighted by Crippen LogP contribution is -2.34. The van der Waals surface area contributed by atoms with E-state index >= 15 is 0 Å². The number of pyridine rings is 1. The lowest BCUT2D eigenvalue weighted by molar-refractivity contribution is -0.148. The van der Waals surface area contributed by atoms with Crippen molar-refractivity contribution in [1.29, 1.82) is 0 Å². The average Bonchev–Trinajstić information content (AvgIpc) is 3.09. The number of nitrogens with zero attached hydrogens (tertiary/aromatic N) is 6. The molecule has 0 spiro atoms. The van der Waals surface area contributed by atoms with Gasteiger partial charge in [0, 0.05) is 36.3 Å². The molecule has 0 unspecified atom stereocenters. The summed E-state index contributed by atoms with van der Waals surface area (Å²) in [5.74, 6) is 2.46. The van der Waals surface area contributed by atoms with Crippen LogP contribution in [0.3, 0.4) is 0 Å². The second-order valence-electron chi connectivity index (χ2n) is 8.74. The van der Waals surface area contributed by atoms with E-state index in [1.165, 1.54) is 4.90 Å². The Balaban J connectivity index is 1.44. The zero-order valence-corrected chi connectivity index (χ0v) is 18.9. The molecule has 0 aliphatic carbocycles. The molecule has 174 valence electrons. The van der Waals surface area contributed by atoms with Gasteiger partial charge in [-0.15, -0.1) is 10.2 Å². The van der Waals surface area contributed by atoms with Crippen LogP contribution in [-0.2, 0) is 13.1 Å². The lowest BCUT2D eigenvalue weighted by atomic mass is 9.95. The summed E-state index contributed by atoms with van der Waals surface area (Å²) in [6.07, 6.45) is -2.57. The van der Waals surface area contributed by atoms with Gasteiger partial charge in [0.05, 0.1) is 18.8 Å². The Morgan fingerprint density at radius 1 is 1.06 bits per heavy atom. The van der Waals surface area contributed by atoms with Gasteiger partial charge in [-0.25, -0.2) is 4.98 Å². The fraction of sp³-hybridized carbons (Fsp3) is 0.435. The predicted molar refractivity (Wildman–Crippen MR) is 120 cm³/mol. The van der Waals surface area contributed by atoms with Crippen LogP contribution in [0.2, 0.25) is 5.02 Å². The van der Waals surface area contributed by atoms with E-state index < -0.39 is 12.7 Å². The zero-order valence-electron chi connectivity index (χ0n) is 18.2. The van der Waals surface area contributed by atoms with Crippen LogP contribution in [0.1, 0.15) is 41.7 Å². The molecule has 2 aromatic heterocycles. The van der Waals surface area contributed by atoms with E-state index in [0.717, 1.165) is 54.5 Å². The number of halogens is 4. The molecule has 1 aromatic carbocycles. The molecule has 1 fully saturated rings. The molecule has 0 saturated carbocycles. The lowest BCUT2D eigenvalue weighted by Gasteiger charge is -2.32. The zero-order chi connectivity index (χ0) is 23.2. The first-order chi connectivity index (χ1) is 15.8. The molecule has 0 bridgehead atoms. The van der Waals surface area contributed by atoms with E-state index in [9.17, 15) is 13.2 Å². The molecule has 0 N–H and O–H groups in total. The summed E-state index contributed by atoms with van der Waals surface area (Å²) in [4.78, 5) is 8.24. The minimum absolute atomic E-state index is 0.0743. The molecule has 4 heterocycles. The van der Waals surface area contributed by atoms with Crippen molar-refractivity contribution in [3.63, 3.8) is 0 Å². The maximum atomic E-state index is 13.2. The highest BCUT2D eigenvalue weighted by Crippen LogP contribution is 2.35. The van der Waals surface area contributed by atoms with Crippen LogP contribution in [0.5, 0.6) is 0 Å². The molecule has 5 rings (SSSR count). The van der Waals surface area contributed by atoms with Crippen molar-refractivity contribution in [3.8, 4) is 5.69 Å². The summed E-state index contributed by atoms with van der Waals surface area (Å²) in [5.41, 5.74) is 2.53. The molecular weight excluding hydrogens is 453 g/mol. The van der Waals surface area contributed by atoms with Crippen LogP contribution < -0.4 is 4.90 Å². The van der Waals surface area contributed by atoms with Gasteiger partial charge in [0.25, 0.3) is 0 Å². The molecule has 2 aliphatic rings. The molecular formula is C23H24ClF3N6. The van der Waals surface area contributed by atoms with Crippen molar-refractivity contribution < 1.29 is 13.2 Å². The summed E-state index contributed by atoms with van der Waals surface area (Å²) in [6, 6.07) is 11.4. The monoisotopic (exact) mass is 476 g/mol. The molecule has 0 amide bonds. The van der Waals surface area contributed by atoms with Crippen molar-refractivity contribution in [2.24, 2.45) is 0 Å². The van der Waals surface area contributed by atoms with Crippen LogP contribution in [0.15, 0.2) is 36.4 Å². The molecule has 10 heteroatoms. The van der Waals surface area contributed by atoms with Gasteiger partial charge in [-0.1, -0.05) is 17.7 Å². The molecule has 0 radical (unpaired) electrons. The van der Waals surface area contributed by atoms with E-state index in [0.29, 0.717) is 10.8 Å². The van der Waals surface area contributed by atoms with Crippen molar-refractivity contribution in [3.05, 3.63) is 64.3 Å². The summed E-state index contributed by atoms with van der Waals surface area (Å²) in [6.45, 7) is 2.85. The number of anilines is 1. The molecule has 2 aliphatic heterocycles. The third-order valence-electron chi connectivity index (χ3n) is 6.26. The highest BCUT2D eigenvalue weighted by atomic mass is 35.5. The Morgan fingerprint density at radius 3 is 2.58 bits per heavy atom. The third-order valence-corrected chi connectivity index (χ3v) is 6.49. The fourth-order valence-electron chi connectivity index (χ4n) is 4.79. The molecule has 1 saturated heterocycles. The van der Waals surface area contributed by atoms with Crippen LogP contribution in [0.4, 0.5) is 19.0 Å². The van der Waals surface area contributed by atoms with Crippen molar-refractivity contribution in [2.45, 2.75) is 44.9 Å². The van der Waals surface area contributed by atoms with Gasteiger partial charge in [-0.05, 0) is 55.7 Å². The van der Waals surface area contributed by atoms with Gasteiger partial charge in [0.15, 0.2) is 5.82 Å². The standard InChI is InChI=1S/C23H24ClF3N6/c1-15-3-2-4-20(28-15)32-9-7-16(8-10-32)22-30-29-21-13-31(14-23(25,26)27)12-17-11-18(24)5-6-19(17)33(21)22/h2-6,11,16H,7-10,12-14H2,1H3.